The van der Waals surface area contributed by atoms with E-state index in [1.54, 1.807) is 7.11 Å². The molecule has 0 aromatic heterocycles. The molecule has 1 N–H and O–H groups in total. The fraction of sp³-hybridized carbons (Fsp3) is 0.0952. The second-order valence-corrected chi connectivity index (χ2v) is 5.44. The van der Waals surface area contributed by atoms with Crippen molar-refractivity contribution in [2.75, 3.05) is 7.11 Å². The van der Waals surface area contributed by atoms with E-state index in [0.29, 0.717) is 11.5 Å². The zero-order valence-electron chi connectivity index (χ0n) is 13.5. The standard InChI is InChI=1S/C21H19NO2/c1-24-19-15-9-8-14-18(19)21(22-23)20(16-10-4-2-5-11-16)17-12-6-3-7-13-17/h2-15,20,23H,1H3/b22-21-. The van der Waals surface area contributed by atoms with E-state index in [1.165, 1.54) is 0 Å². The van der Waals surface area contributed by atoms with Crippen LogP contribution in [0, 0.1) is 0 Å². The van der Waals surface area contributed by atoms with Crippen molar-refractivity contribution in [3.05, 3.63) is 102 Å². The minimum absolute atomic E-state index is 0.186. The van der Waals surface area contributed by atoms with Crippen molar-refractivity contribution < 1.29 is 9.94 Å². The van der Waals surface area contributed by atoms with Crippen LogP contribution in [0.1, 0.15) is 22.6 Å². The number of rotatable bonds is 5. The number of ether oxygens (including phenoxy) is 1. The van der Waals surface area contributed by atoms with Gasteiger partial charge in [-0.15, -0.1) is 0 Å². The van der Waals surface area contributed by atoms with Crippen LogP contribution in [0.5, 0.6) is 5.75 Å². The Morgan fingerprint density at radius 1 is 0.792 bits per heavy atom. The second-order valence-electron chi connectivity index (χ2n) is 5.44. The molecule has 0 fully saturated rings. The molecule has 0 bridgehead atoms. The molecule has 3 rings (SSSR count). The Bertz CT molecular complexity index is 774. The van der Waals surface area contributed by atoms with Gasteiger partial charge in [0.25, 0.3) is 0 Å². The topological polar surface area (TPSA) is 41.8 Å². The maximum absolute atomic E-state index is 9.82. The molecule has 3 aromatic carbocycles. The summed E-state index contributed by atoms with van der Waals surface area (Å²) in [6, 6.07) is 27.7. The average molecular weight is 317 g/mol. The van der Waals surface area contributed by atoms with E-state index in [2.05, 4.69) is 5.16 Å². The molecule has 3 nitrogen and oxygen atoms in total. The zero-order valence-corrected chi connectivity index (χ0v) is 13.5. The Balaban J connectivity index is 2.17. The van der Waals surface area contributed by atoms with Gasteiger partial charge in [0.1, 0.15) is 11.5 Å². The van der Waals surface area contributed by atoms with Crippen molar-refractivity contribution in [3.8, 4) is 5.75 Å². The maximum Gasteiger partial charge on any atom is 0.128 e. The lowest BCUT2D eigenvalue weighted by atomic mass is 9.84. The minimum Gasteiger partial charge on any atom is -0.496 e. The lowest BCUT2D eigenvalue weighted by Gasteiger charge is -2.21. The first-order valence-electron chi connectivity index (χ1n) is 7.80. The normalized spacial score (nSPS) is 11.5. The predicted octanol–water partition coefficient (Wildman–Crippen LogP) is 4.71. The van der Waals surface area contributed by atoms with Crippen molar-refractivity contribution >= 4 is 5.71 Å². The van der Waals surface area contributed by atoms with E-state index in [1.807, 2.05) is 84.9 Å². The summed E-state index contributed by atoms with van der Waals surface area (Å²) in [6.07, 6.45) is 0. The SMILES string of the molecule is COc1ccccc1/C(=N/O)C(c1ccccc1)c1ccccc1. The first-order valence-corrected chi connectivity index (χ1v) is 7.80. The first-order chi connectivity index (χ1) is 11.8. The summed E-state index contributed by atoms with van der Waals surface area (Å²) in [5, 5.41) is 13.5. The summed E-state index contributed by atoms with van der Waals surface area (Å²) in [5.41, 5.74) is 3.45. The van der Waals surface area contributed by atoms with Gasteiger partial charge in [0.2, 0.25) is 0 Å². The van der Waals surface area contributed by atoms with Crippen LogP contribution in [-0.2, 0) is 0 Å². The monoisotopic (exact) mass is 317 g/mol. The molecule has 0 amide bonds. The maximum atomic E-state index is 9.82. The lowest BCUT2D eigenvalue weighted by Crippen LogP contribution is -2.16. The Morgan fingerprint density at radius 2 is 1.29 bits per heavy atom. The molecule has 0 radical (unpaired) electrons. The lowest BCUT2D eigenvalue weighted by molar-refractivity contribution is 0.317. The third kappa shape index (κ3) is 3.15. The molecular formula is C21H19NO2. The number of nitrogens with zero attached hydrogens (tertiary/aromatic N) is 1. The Kier molecular flexibility index (Phi) is 4.92. The number of hydrogen-bond acceptors (Lipinski definition) is 3. The van der Waals surface area contributed by atoms with Crippen molar-refractivity contribution in [2.24, 2.45) is 5.16 Å². The highest BCUT2D eigenvalue weighted by Gasteiger charge is 2.24. The average Bonchev–Trinajstić information content (AvgIpc) is 2.67. The van der Waals surface area contributed by atoms with Crippen LogP contribution < -0.4 is 4.74 Å². The number of para-hydroxylation sites is 1. The van der Waals surface area contributed by atoms with Crippen LogP contribution in [0.3, 0.4) is 0 Å². The van der Waals surface area contributed by atoms with E-state index in [0.717, 1.165) is 16.7 Å². The van der Waals surface area contributed by atoms with Crippen LogP contribution in [0.4, 0.5) is 0 Å². The summed E-state index contributed by atoms with van der Waals surface area (Å²) >= 11 is 0. The highest BCUT2D eigenvalue weighted by atomic mass is 16.5. The van der Waals surface area contributed by atoms with Crippen LogP contribution in [0.15, 0.2) is 90.1 Å². The molecule has 0 saturated heterocycles. The van der Waals surface area contributed by atoms with Crippen LogP contribution in [0.2, 0.25) is 0 Å². The van der Waals surface area contributed by atoms with Gasteiger partial charge in [0.15, 0.2) is 0 Å². The van der Waals surface area contributed by atoms with Gasteiger partial charge in [0.05, 0.1) is 13.0 Å². The molecule has 0 aliphatic rings. The van der Waals surface area contributed by atoms with Gasteiger partial charge in [-0.3, -0.25) is 0 Å². The number of oxime groups is 1. The first kappa shape index (κ1) is 15.8. The van der Waals surface area contributed by atoms with Gasteiger partial charge in [-0.1, -0.05) is 78.0 Å². The van der Waals surface area contributed by atoms with Crippen molar-refractivity contribution in [1.29, 1.82) is 0 Å². The number of methoxy groups -OCH3 is 1. The van der Waals surface area contributed by atoms with Crippen molar-refractivity contribution in [3.63, 3.8) is 0 Å². The fourth-order valence-corrected chi connectivity index (χ4v) is 2.92. The molecule has 0 unspecified atom stereocenters. The van der Waals surface area contributed by atoms with Gasteiger partial charge < -0.3 is 9.94 Å². The summed E-state index contributed by atoms with van der Waals surface area (Å²) < 4.78 is 5.46. The van der Waals surface area contributed by atoms with Crippen LogP contribution in [-0.4, -0.2) is 18.0 Å². The molecule has 0 heterocycles. The largest absolute Gasteiger partial charge is 0.496 e. The molecule has 3 heteroatoms. The molecule has 24 heavy (non-hydrogen) atoms. The van der Waals surface area contributed by atoms with E-state index in [-0.39, 0.29) is 5.92 Å². The van der Waals surface area contributed by atoms with Gasteiger partial charge in [-0.05, 0) is 23.3 Å². The summed E-state index contributed by atoms with van der Waals surface area (Å²) in [7, 11) is 1.62. The van der Waals surface area contributed by atoms with Gasteiger partial charge >= 0.3 is 0 Å². The predicted molar refractivity (Wildman–Crippen MR) is 96.0 cm³/mol. The molecule has 0 aliphatic heterocycles. The molecule has 120 valence electrons. The van der Waals surface area contributed by atoms with Gasteiger partial charge in [-0.25, -0.2) is 0 Å². The van der Waals surface area contributed by atoms with Crippen LogP contribution in [0.25, 0.3) is 0 Å². The Hall–Kier alpha value is -3.07. The number of benzene rings is 3. The van der Waals surface area contributed by atoms with Crippen molar-refractivity contribution in [2.45, 2.75) is 5.92 Å². The molecule has 3 aromatic rings. The smallest absolute Gasteiger partial charge is 0.128 e. The third-order valence-corrected chi connectivity index (χ3v) is 4.03. The van der Waals surface area contributed by atoms with E-state index >= 15 is 0 Å². The summed E-state index contributed by atoms with van der Waals surface area (Å²) in [4.78, 5) is 0. The molecule has 0 aliphatic carbocycles. The molecule has 0 atom stereocenters. The zero-order chi connectivity index (χ0) is 16.8. The van der Waals surface area contributed by atoms with E-state index in [9.17, 15) is 5.21 Å². The quantitative estimate of drug-likeness (QED) is 0.421. The van der Waals surface area contributed by atoms with Crippen LogP contribution >= 0.6 is 0 Å². The highest BCUT2D eigenvalue weighted by Crippen LogP contribution is 2.32. The summed E-state index contributed by atoms with van der Waals surface area (Å²) in [6.45, 7) is 0. The number of hydrogen-bond donors (Lipinski definition) is 1. The summed E-state index contributed by atoms with van der Waals surface area (Å²) in [5.74, 6) is 0.496. The molecule has 0 saturated carbocycles. The minimum atomic E-state index is -0.186. The van der Waals surface area contributed by atoms with Gasteiger partial charge in [0, 0.05) is 5.56 Å². The second kappa shape index (κ2) is 7.47. The van der Waals surface area contributed by atoms with Crippen molar-refractivity contribution in [1.82, 2.24) is 0 Å². The Labute approximate surface area is 141 Å². The third-order valence-electron chi connectivity index (χ3n) is 4.03. The van der Waals surface area contributed by atoms with E-state index in [4.69, 9.17) is 4.74 Å². The highest BCUT2D eigenvalue weighted by molar-refractivity contribution is 6.08. The molecular weight excluding hydrogens is 298 g/mol. The molecule has 0 spiro atoms. The van der Waals surface area contributed by atoms with E-state index < -0.39 is 0 Å². The fourth-order valence-electron chi connectivity index (χ4n) is 2.92. The Morgan fingerprint density at radius 3 is 1.79 bits per heavy atom. The van der Waals surface area contributed by atoms with Gasteiger partial charge in [-0.2, -0.15) is 0 Å².